The van der Waals surface area contributed by atoms with Gasteiger partial charge >= 0.3 is 6.03 Å². The third-order valence-electron chi connectivity index (χ3n) is 4.55. The topological polar surface area (TPSA) is 81.8 Å². The van der Waals surface area contributed by atoms with Crippen molar-refractivity contribution in [2.75, 3.05) is 26.2 Å². The Morgan fingerprint density at radius 1 is 1.43 bits per heavy atom. The first-order chi connectivity index (χ1) is 13.5. The van der Waals surface area contributed by atoms with Gasteiger partial charge in [-0.25, -0.2) is 4.79 Å². The van der Waals surface area contributed by atoms with Crippen molar-refractivity contribution in [2.45, 2.75) is 6.04 Å². The Morgan fingerprint density at radius 3 is 2.86 bits per heavy atom. The number of nitrogens with zero attached hydrogens (tertiary/aromatic N) is 2. The molecule has 2 aliphatic rings. The summed E-state index contributed by atoms with van der Waals surface area (Å²) in [7, 11) is 0. The van der Waals surface area contributed by atoms with Gasteiger partial charge in [-0.2, -0.15) is 0 Å². The van der Waals surface area contributed by atoms with Crippen LogP contribution in [0.25, 0.3) is 0 Å². The second-order valence-corrected chi connectivity index (χ2v) is 6.71. The molecule has 0 spiro atoms. The SMILES string of the molecule is C#CCNC(=O)CN1CC2=C(C1=O)[C@@H](c1ccccc1Cl)NC(=O)N2CC=C. The quantitative estimate of drug-likeness (QED) is 0.562. The van der Waals surface area contributed by atoms with Crippen molar-refractivity contribution in [3.05, 3.63) is 58.8 Å². The lowest BCUT2D eigenvalue weighted by Gasteiger charge is -2.33. The Bertz CT molecular complexity index is 918. The number of amides is 4. The number of benzene rings is 1. The van der Waals surface area contributed by atoms with Gasteiger partial charge < -0.3 is 15.5 Å². The van der Waals surface area contributed by atoms with Crippen LogP contribution in [0.1, 0.15) is 11.6 Å². The predicted octanol–water partition coefficient (Wildman–Crippen LogP) is 1.44. The van der Waals surface area contributed by atoms with E-state index in [9.17, 15) is 14.4 Å². The van der Waals surface area contributed by atoms with Gasteiger partial charge in [-0.1, -0.05) is 41.8 Å². The summed E-state index contributed by atoms with van der Waals surface area (Å²) in [6, 6.07) is 5.97. The number of rotatable bonds is 6. The molecule has 1 atom stereocenters. The van der Waals surface area contributed by atoms with E-state index in [-0.39, 0.29) is 44.0 Å². The fraction of sp³-hybridized carbons (Fsp3) is 0.250. The number of hydrogen-bond acceptors (Lipinski definition) is 3. The molecule has 0 aromatic heterocycles. The molecule has 144 valence electrons. The van der Waals surface area contributed by atoms with E-state index < -0.39 is 6.04 Å². The number of nitrogens with one attached hydrogen (secondary N) is 2. The Labute approximate surface area is 168 Å². The van der Waals surface area contributed by atoms with Gasteiger partial charge in [0.05, 0.1) is 30.4 Å². The third-order valence-corrected chi connectivity index (χ3v) is 4.89. The fourth-order valence-electron chi connectivity index (χ4n) is 3.32. The number of urea groups is 1. The van der Waals surface area contributed by atoms with Crippen LogP contribution in [0.2, 0.25) is 5.02 Å². The summed E-state index contributed by atoms with van der Waals surface area (Å²) < 4.78 is 0. The summed E-state index contributed by atoms with van der Waals surface area (Å²) in [6.07, 6.45) is 6.72. The lowest BCUT2D eigenvalue weighted by atomic mass is 9.95. The van der Waals surface area contributed by atoms with Crippen molar-refractivity contribution >= 4 is 29.4 Å². The Morgan fingerprint density at radius 2 is 2.18 bits per heavy atom. The van der Waals surface area contributed by atoms with Crippen LogP contribution in [0.5, 0.6) is 0 Å². The second-order valence-electron chi connectivity index (χ2n) is 6.31. The molecule has 2 N–H and O–H groups in total. The van der Waals surface area contributed by atoms with E-state index in [4.69, 9.17) is 18.0 Å². The smallest absolute Gasteiger partial charge is 0.322 e. The minimum Gasteiger partial charge on any atom is -0.344 e. The Kier molecular flexibility index (Phi) is 5.71. The zero-order valence-electron chi connectivity index (χ0n) is 15.1. The van der Waals surface area contributed by atoms with Crippen LogP contribution in [0.4, 0.5) is 4.79 Å². The van der Waals surface area contributed by atoms with E-state index in [0.717, 1.165) is 0 Å². The third kappa shape index (κ3) is 3.59. The molecular weight excluding hydrogens is 380 g/mol. The summed E-state index contributed by atoms with van der Waals surface area (Å²) in [5.41, 5.74) is 1.57. The molecule has 0 saturated heterocycles. The highest BCUT2D eigenvalue weighted by Crippen LogP contribution is 2.38. The average Bonchev–Trinajstić information content (AvgIpc) is 2.99. The van der Waals surface area contributed by atoms with E-state index in [0.29, 0.717) is 21.9 Å². The highest BCUT2D eigenvalue weighted by atomic mass is 35.5. The largest absolute Gasteiger partial charge is 0.344 e. The molecule has 4 amide bonds. The number of carbonyl (C=O) groups excluding carboxylic acids is 3. The molecular formula is C20H19ClN4O3. The van der Waals surface area contributed by atoms with Crippen LogP contribution in [0.15, 0.2) is 48.2 Å². The summed E-state index contributed by atoms with van der Waals surface area (Å²) in [6.45, 7) is 3.98. The summed E-state index contributed by atoms with van der Waals surface area (Å²) in [5, 5.41) is 5.82. The maximum atomic E-state index is 13.1. The van der Waals surface area contributed by atoms with E-state index in [2.05, 4.69) is 23.1 Å². The maximum Gasteiger partial charge on any atom is 0.322 e. The molecule has 0 fully saturated rings. The van der Waals surface area contributed by atoms with Crippen molar-refractivity contribution in [3.63, 3.8) is 0 Å². The first kappa shape index (κ1) is 19.5. The van der Waals surface area contributed by atoms with Gasteiger partial charge in [0.1, 0.15) is 6.54 Å². The number of carbonyl (C=O) groups is 3. The van der Waals surface area contributed by atoms with Gasteiger partial charge in [0, 0.05) is 11.6 Å². The van der Waals surface area contributed by atoms with Crippen molar-refractivity contribution in [3.8, 4) is 12.3 Å². The summed E-state index contributed by atoms with van der Waals surface area (Å²) in [4.78, 5) is 40.6. The van der Waals surface area contributed by atoms with Gasteiger partial charge in [-0.05, 0) is 11.6 Å². The van der Waals surface area contributed by atoms with Crippen LogP contribution < -0.4 is 10.6 Å². The maximum absolute atomic E-state index is 13.1. The van der Waals surface area contributed by atoms with E-state index in [1.807, 2.05) is 0 Å². The first-order valence-corrected chi connectivity index (χ1v) is 9.01. The molecule has 1 aromatic rings. The summed E-state index contributed by atoms with van der Waals surface area (Å²) >= 11 is 6.31. The van der Waals surface area contributed by atoms with E-state index in [1.54, 1.807) is 30.3 Å². The molecule has 2 aliphatic heterocycles. The molecule has 1 aromatic carbocycles. The van der Waals surface area contributed by atoms with Gasteiger partial charge in [-0.3, -0.25) is 14.5 Å². The molecule has 7 nitrogen and oxygen atoms in total. The van der Waals surface area contributed by atoms with E-state index in [1.165, 1.54) is 9.80 Å². The molecule has 0 radical (unpaired) electrons. The van der Waals surface area contributed by atoms with Crippen molar-refractivity contribution in [1.29, 1.82) is 0 Å². The van der Waals surface area contributed by atoms with Crippen molar-refractivity contribution in [1.82, 2.24) is 20.4 Å². The van der Waals surface area contributed by atoms with Crippen LogP contribution >= 0.6 is 11.6 Å². The standard InChI is InChI=1S/C20H19ClN4O3/c1-3-9-22-16(26)12-24-11-15-17(19(24)27)18(13-7-5-6-8-14(13)21)23-20(28)25(15)10-4-2/h1,4-8,18H,2,9-12H2,(H,22,26)(H,23,28)/t18-/m1/s1. The van der Waals surface area contributed by atoms with Gasteiger partial charge in [0.15, 0.2) is 0 Å². The lowest BCUT2D eigenvalue weighted by molar-refractivity contribution is -0.131. The highest BCUT2D eigenvalue weighted by Gasteiger charge is 2.44. The molecule has 0 bridgehead atoms. The van der Waals surface area contributed by atoms with Crippen LogP contribution in [0, 0.1) is 12.3 Å². The van der Waals surface area contributed by atoms with Crippen LogP contribution in [-0.4, -0.2) is 53.8 Å². The first-order valence-electron chi connectivity index (χ1n) is 8.63. The van der Waals surface area contributed by atoms with Crippen LogP contribution in [-0.2, 0) is 9.59 Å². The van der Waals surface area contributed by atoms with E-state index >= 15 is 0 Å². The predicted molar refractivity (Wildman–Crippen MR) is 105 cm³/mol. The molecule has 3 rings (SSSR count). The van der Waals surface area contributed by atoms with Crippen molar-refractivity contribution < 1.29 is 14.4 Å². The summed E-state index contributed by atoms with van der Waals surface area (Å²) in [5.74, 6) is 1.62. The van der Waals surface area contributed by atoms with Crippen molar-refractivity contribution in [2.24, 2.45) is 0 Å². The van der Waals surface area contributed by atoms with Gasteiger partial charge in [0.25, 0.3) is 5.91 Å². The minimum absolute atomic E-state index is 0.0822. The molecule has 8 heteroatoms. The number of halogens is 1. The van der Waals surface area contributed by atoms with Gasteiger partial charge in [-0.15, -0.1) is 13.0 Å². The minimum atomic E-state index is -0.691. The number of hydrogen-bond donors (Lipinski definition) is 2. The number of terminal acetylenes is 1. The molecule has 0 unspecified atom stereocenters. The fourth-order valence-corrected chi connectivity index (χ4v) is 3.56. The van der Waals surface area contributed by atoms with Gasteiger partial charge in [0.2, 0.25) is 5.91 Å². The molecule has 0 saturated carbocycles. The normalized spacial score (nSPS) is 18.5. The van der Waals surface area contributed by atoms with Crippen LogP contribution in [0.3, 0.4) is 0 Å². The molecule has 0 aliphatic carbocycles. The molecule has 28 heavy (non-hydrogen) atoms. The zero-order valence-corrected chi connectivity index (χ0v) is 15.8. The Balaban J connectivity index is 1.96. The zero-order chi connectivity index (χ0) is 20.3. The highest BCUT2D eigenvalue weighted by molar-refractivity contribution is 6.31. The lowest BCUT2D eigenvalue weighted by Crippen LogP contribution is -2.47. The monoisotopic (exact) mass is 398 g/mol. The average molecular weight is 399 g/mol. The molecule has 2 heterocycles. The second kappa shape index (κ2) is 8.19. The Hall–Kier alpha value is -3.24.